The van der Waals surface area contributed by atoms with Crippen molar-refractivity contribution in [3.8, 4) is 5.88 Å². The Labute approximate surface area is 113 Å². The monoisotopic (exact) mass is 272 g/mol. The predicted molar refractivity (Wildman–Crippen MR) is 78.4 cm³/mol. The first-order valence-corrected chi connectivity index (χ1v) is 6.67. The van der Waals surface area contributed by atoms with Crippen LogP contribution in [-0.4, -0.2) is 15.8 Å². The molecule has 0 spiro atoms. The summed E-state index contributed by atoms with van der Waals surface area (Å²) >= 11 is 0.990. The zero-order chi connectivity index (χ0) is 13.6. The van der Waals surface area contributed by atoms with E-state index in [1.807, 2.05) is 38.1 Å². The second-order valence-corrected chi connectivity index (χ2v) is 5.47. The van der Waals surface area contributed by atoms with Crippen LogP contribution in [0.25, 0.3) is 11.6 Å². The zero-order valence-corrected chi connectivity index (χ0v) is 11.3. The van der Waals surface area contributed by atoms with Gasteiger partial charge < -0.3 is 5.11 Å². The highest BCUT2D eigenvalue weighted by Gasteiger charge is 2.19. The Kier molecular flexibility index (Phi) is 2.64. The number of aryl methyl sites for hydroxylation is 1. The Balaban J connectivity index is 2.19. The van der Waals surface area contributed by atoms with Crippen LogP contribution in [-0.2, 0) is 0 Å². The summed E-state index contributed by atoms with van der Waals surface area (Å²) in [7, 11) is 0. The van der Waals surface area contributed by atoms with Gasteiger partial charge >= 0.3 is 4.87 Å². The normalized spacial score (nSPS) is 15.7. The van der Waals surface area contributed by atoms with Crippen molar-refractivity contribution in [2.75, 3.05) is 0 Å². The average molecular weight is 272 g/mol. The third-order valence-electron chi connectivity index (χ3n) is 3.13. The van der Waals surface area contributed by atoms with Gasteiger partial charge in [0, 0.05) is 16.8 Å². The van der Waals surface area contributed by atoms with Crippen molar-refractivity contribution in [2.24, 2.45) is 4.99 Å². The van der Waals surface area contributed by atoms with E-state index in [0.29, 0.717) is 4.88 Å². The van der Waals surface area contributed by atoms with Crippen molar-refractivity contribution >= 4 is 34.4 Å². The van der Waals surface area contributed by atoms with E-state index in [0.717, 1.165) is 39.4 Å². The maximum absolute atomic E-state index is 11.2. The minimum Gasteiger partial charge on any atom is -0.493 e. The van der Waals surface area contributed by atoms with E-state index in [9.17, 15) is 9.90 Å². The van der Waals surface area contributed by atoms with Gasteiger partial charge in [-0.3, -0.25) is 14.8 Å². The smallest absolute Gasteiger partial charge is 0.307 e. The highest BCUT2D eigenvalue weighted by atomic mass is 32.1. The first kappa shape index (κ1) is 11.9. The van der Waals surface area contributed by atoms with Gasteiger partial charge in [0.2, 0.25) is 5.88 Å². The first-order chi connectivity index (χ1) is 9.06. The molecule has 1 aliphatic heterocycles. The fourth-order valence-electron chi connectivity index (χ4n) is 2.19. The molecule has 0 unspecified atom stereocenters. The largest absolute Gasteiger partial charge is 0.493 e. The standard InChI is InChI=1S/C14H12N2O2S/c1-7-4-3-5-9-10(8(2)15-12(7)9)6-11-13(17)16-14(18)19-11/h3-6,17H,1-2H3,(H,16,18). The number of nitrogens with zero attached hydrogens (tertiary/aromatic N) is 1. The third-order valence-corrected chi connectivity index (χ3v) is 3.95. The number of aromatic amines is 1. The van der Waals surface area contributed by atoms with E-state index in [1.165, 1.54) is 0 Å². The van der Waals surface area contributed by atoms with Crippen molar-refractivity contribution < 1.29 is 5.11 Å². The van der Waals surface area contributed by atoms with E-state index in [1.54, 1.807) is 0 Å². The van der Waals surface area contributed by atoms with Crippen LogP contribution in [0.5, 0.6) is 5.88 Å². The van der Waals surface area contributed by atoms with Gasteiger partial charge in [-0.05, 0) is 25.5 Å². The molecule has 1 aromatic heterocycles. The summed E-state index contributed by atoms with van der Waals surface area (Å²) in [6, 6.07) is 6.00. The molecule has 0 saturated carbocycles. The quantitative estimate of drug-likeness (QED) is 0.837. The molecule has 1 aromatic carbocycles. The van der Waals surface area contributed by atoms with Crippen molar-refractivity contribution in [1.82, 2.24) is 4.98 Å². The minimum absolute atomic E-state index is 0.0867. The molecule has 2 heterocycles. The summed E-state index contributed by atoms with van der Waals surface area (Å²) in [6.45, 7) is 3.95. The number of allylic oxidation sites excluding steroid dienone is 1. The Bertz CT molecular complexity index is 781. The van der Waals surface area contributed by atoms with Gasteiger partial charge in [0.1, 0.15) is 0 Å². The molecule has 0 amide bonds. The summed E-state index contributed by atoms with van der Waals surface area (Å²) in [4.78, 5) is 18.4. The number of benzene rings is 1. The molecule has 2 aromatic rings. The summed E-state index contributed by atoms with van der Waals surface area (Å²) < 4.78 is 0. The van der Waals surface area contributed by atoms with Gasteiger partial charge in [-0.2, -0.15) is 0 Å². The van der Waals surface area contributed by atoms with Gasteiger partial charge in [-0.15, -0.1) is 0 Å². The molecule has 0 bridgehead atoms. The van der Waals surface area contributed by atoms with Crippen molar-refractivity contribution in [1.29, 1.82) is 0 Å². The van der Waals surface area contributed by atoms with Crippen LogP contribution in [0.3, 0.4) is 0 Å². The Morgan fingerprint density at radius 3 is 2.84 bits per heavy atom. The molecule has 0 radical (unpaired) electrons. The number of rotatable bonds is 1. The maximum Gasteiger partial charge on any atom is 0.307 e. The van der Waals surface area contributed by atoms with Gasteiger partial charge in [0.05, 0.1) is 10.6 Å². The maximum atomic E-state index is 11.2. The number of fused-ring (bicyclic) bond motifs is 1. The lowest BCUT2D eigenvalue weighted by molar-refractivity contribution is 0.455. The van der Waals surface area contributed by atoms with Crippen molar-refractivity contribution in [3.63, 3.8) is 0 Å². The number of H-pyrrole nitrogens is 1. The summed E-state index contributed by atoms with van der Waals surface area (Å²) in [5, 5.41) is 9.65. The molecule has 0 fully saturated rings. The van der Waals surface area contributed by atoms with E-state index < -0.39 is 0 Å². The number of aliphatic imine (C=N–C) groups is 1. The van der Waals surface area contributed by atoms with E-state index in [2.05, 4.69) is 9.98 Å². The summed E-state index contributed by atoms with van der Waals surface area (Å²) in [6.07, 6.45) is 1.81. The summed E-state index contributed by atoms with van der Waals surface area (Å²) in [5.74, 6) is -0.0867. The molecular formula is C14H12N2O2S. The molecule has 96 valence electrons. The molecular weight excluding hydrogens is 260 g/mol. The number of aromatic nitrogens is 1. The van der Waals surface area contributed by atoms with Crippen LogP contribution >= 0.6 is 11.3 Å². The van der Waals surface area contributed by atoms with Gasteiger partial charge in [0.15, 0.2) is 0 Å². The SMILES string of the molecule is CC1=Nc2c(C)cccc2C1=Cc1sc(=O)[nH]c1O. The lowest BCUT2D eigenvalue weighted by Gasteiger charge is -2.02. The Morgan fingerprint density at radius 2 is 2.16 bits per heavy atom. The van der Waals surface area contributed by atoms with Crippen LogP contribution in [0.2, 0.25) is 0 Å². The number of hydrogen-bond acceptors (Lipinski definition) is 4. The van der Waals surface area contributed by atoms with Crippen molar-refractivity contribution in [3.05, 3.63) is 43.9 Å². The summed E-state index contributed by atoms with van der Waals surface area (Å²) in [5.41, 5.74) is 4.96. The van der Waals surface area contributed by atoms with Gasteiger partial charge in [-0.1, -0.05) is 29.5 Å². The molecule has 3 rings (SSSR count). The fraction of sp³-hybridized carbons (Fsp3) is 0.143. The molecule has 2 N–H and O–H groups in total. The van der Waals surface area contributed by atoms with Crippen LogP contribution in [0.4, 0.5) is 5.69 Å². The minimum atomic E-state index is -0.263. The molecule has 4 nitrogen and oxygen atoms in total. The van der Waals surface area contributed by atoms with Gasteiger partial charge in [0.25, 0.3) is 0 Å². The van der Waals surface area contributed by atoms with Crippen LogP contribution < -0.4 is 4.87 Å². The second-order valence-electron chi connectivity index (χ2n) is 4.45. The zero-order valence-electron chi connectivity index (χ0n) is 10.5. The molecule has 0 aliphatic carbocycles. The number of para-hydroxylation sites is 1. The lowest BCUT2D eigenvalue weighted by atomic mass is 10.0. The number of aromatic hydroxyl groups is 1. The highest BCUT2D eigenvalue weighted by molar-refractivity contribution is 7.10. The number of thiazole rings is 1. The molecule has 1 aliphatic rings. The number of hydrogen-bond donors (Lipinski definition) is 2. The topological polar surface area (TPSA) is 65.5 Å². The van der Waals surface area contributed by atoms with E-state index in [-0.39, 0.29) is 10.8 Å². The van der Waals surface area contributed by atoms with E-state index in [4.69, 9.17) is 0 Å². The lowest BCUT2D eigenvalue weighted by Crippen LogP contribution is -1.89. The molecule has 0 saturated heterocycles. The van der Waals surface area contributed by atoms with E-state index >= 15 is 0 Å². The van der Waals surface area contributed by atoms with Gasteiger partial charge in [-0.25, -0.2) is 0 Å². The predicted octanol–water partition coefficient (Wildman–Crippen LogP) is 3.10. The van der Waals surface area contributed by atoms with Crippen LogP contribution in [0, 0.1) is 6.92 Å². The van der Waals surface area contributed by atoms with Crippen molar-refractivity contribution in [2.45, 2.75) is 13.8 Å². The van der Waals surface area contributed by atoms with Crippen LogP contribution in [0.15, 0.2) is 28.0 Å². The first-order valence-electron chi connectivity index (χ1n) is 5.85. The molecule has 19 heavy (non-hydrogen) atoms. The Morgan fingerprint density at radius 1 is 1.37 bits per heavy atom. The Hall–Kier alpha value is -2.14. The molecule has 5 heteroatoms. The number of nitrogens with one attached hydrogen (secondary N) is 1. The third kappa shape index (κ3) is 1.92. The molecule has 0 atom stereocenters. The van der Waals surface area contributed by atoms with Crippen LogP contribution in [0.1, 0.15) is 22.9 Å². The second kappa shape index (κ2) is 4.20. The average Bonchev–Trinajstić information content (AvgIpc) is 2.83. The fourth-order valence-corrected chi connectivity index (χ4v) is 2.86. The highest BCUT2D eigenvalue weighted by Crippen LogP contribution is 2.38.